The molecule has 0 saturated heterocycles. The van der Waals surface area contributed by atoms with Gasteiger partial charge in [0.05, 0.1) is 0 Å². The van der Waals surface area contributed by atoms with E-state index >= 15 is 0 Å². The SMILES string of the molecule is O=C(c1cccc(Cl)c1)C(O)c1cccc(OCc2ccccc2)c1. The van der Waals surface area contributed by atoms with Gasteiger partial charge >= 0.3 is 0 Å². The highest BCUT2D eigenvalue weighted by Crippen LogP contribution is 2.24. The van der Waals surface area contributed by atoms with Crippen LogP contribution in [0.2, 0.25) is 5.02 Å². The molecule has 1 N–H and O–H groups in total. The number of Topliss-reactive ketones (excluding diaryl/α,β-unsaturated/α-hetero) is 1. The molecule has 3 aromatic rings. The molecule has 3 rings (SSSR count). The molecule has 0 aliphatic heterocycles. The number of carbonyl (C=O) groups is 1. The fraction of sp³-hybridized carbons (Fsp3) is 0.0952. The highest BCUT2D eigenvalue weighted by molar-refractivity contribution is 6.31. The molecule has 0 fully saturated rings. The zero-order valence-corrected chi connectivity index (χ0v) is 14.2. The van der Waals surface area contributed by atoms with Crippen LogP contribution in [0.3, 0.4) is 0 Å². The van der Waals surface area contributed by atoms with Gasteiger partial charge in [0.25, 0.3) is 0 Å². The van der Waals surface area contributed by atoms with Crippen molar-refractivity contribution in [2.45, 2.75) is 12.7 Å². The zero-order chi connectivity index (χ0) is 17.6. The third-order valence-electron chi connectivity index (χ3n) is 3.78. The van der Waals surface area contributed by atoms with Crippen molar-refractivity contribution >= 4 is 17.4 Å². The summed E-state index contributed by atoms with van der Waals surface area (Å²) >= 11 is 5.91. The van der Waals surface area contributed by atoms with Gasteiger partial charge in [-0.2, -0.15) is 0 Å². The largest absolute Gasteiger partial charge is 0.489 e. The molecule has 0 radical (unpaired) electrons. The van der Waals surface area contributed by atoms with E-state index in [1.165, 1.54) is 0 Å². The molecule has 0 heterocycles. The monoisotopic (exact) mass is 352 g/mol. The summed E-state index contributed by atoms with van der Waals surface area (Å²) in [4.78, 5) is 12.4. The highest BCUT2D eigenvalue weighted by atomic mass is 35.5. The molecular formula is C21H17ClO3. The van der Waals surface area contributed by atoms with Gasteiger partial charge < -0.3 is 9.84 Å². The fourth-order valence-electron chi connectivity index (χ4n) is 2.47. The molecule has 0 spiro atoms. The lowest BCUT2D eigenvalue weighted by Crippen LogP contribution is -2.12. The smallest absolute Gasteiger partial charge is 0.195 e. The summed E-state index contributed by atoms with van der Waals surface area (Å²) in [5, 5.41) is 10.9. The number of aliphatic hydroxyl groups excluding tert-OH is 1. The van der Waals surface area contributed by atoms with Crippen molar-refractivity contribution in [2.75, 3.05) is 0 Å². The second-order valence-corrected chi connectivity index (χ2v) is 6.06. The first-order chi connectivity index (χ1) is 12.1. The number of halogens is 1. The minimum absolute atomic E-state index is 0.371. The third kappa shape index (κ3) is 4.47. The van der Waals surface area contributed by atoms with Gasteiger partial charge in [-0.05, 0) is 35.4 Å². The molecule has 1 unspecified atom stereocenters. The number of rotatable bonds is 6. The van der Waals surface area contributed by atoms with E-state index in [9.17, 15) is 9.90 Å². The average Bonchev–Trinajstić information content (AvgIpc) is 2.66. The van der Waals surface area contributed by atoms with Crippen LogP contribution in [-0.4, -0.2) is 10.9 Å². The van der Waals surface area contributed by atoms with Crippen molar-refractivity contribution in [3.8, 4) is 5.75 Å². The van der Waals surface area contributed by atoms with Crippen LogP contribution in [0.15, 0.2) is 78.9 Å². The number of hydrogen-bond acceptors (Lipinski definition) is 3. The standard InChI is InChI=1S/C21H17ClO3/c22-18-10-4-8-16(12-18)20(23)21(24)17-9-5-11-19(13-17)25-14-15-6-2-1-3-7-15/h1-13,21,24H,14H2. The van der Waals surface area contributed by atoms with E-state index in [4.69, 9.17) is 16.3 Å². The average molecular weight is 353 g/mol. The second-order valence-electron chi connectivity index (χ2n) is 5.62. The molecule has 0 bridgehead atoms. The number of ketones is 1. The summed E-state index contributed by atoms with van der Waals surface area (Å²) in [6.45, 7) is 0.419. The van der Waals surface area contributed by atoms with Crippen LogP contribution in [0.1, 0.15) is 27.6 Å². The van der Waals surface area contributed by atoms with Crippen LogP contribution < -0.4 is 4.74 Å². The van der Waals surface area contributed by atoms with Crippen molar-refractivity contribution in [2.24, 2.45) is 0 Å². The van der Waals surface area contributed by atoms with Crippen molar-refractivity contribution in [1.29, 1.82) is 0 Å². The summed E-state index contributed by atoms with van der Waals surface area (Å²) in [5.74, 6) is 0.196. The molecular weight excluding hydrogens is 336 g/mol. The van der Waals surface area contributed by atoms with Gasteiger partial charge in [0.15, 0.2) is 5.78 Å². The van der Waals surface area contributed by atoms with E-state index in [-0.39, 0.29) is 0 Å². The Morgan fingerprint density at radius 2 is 1.72 bits per heavy atom. The zero-order valence-electron chi connectivity index (χ0n) is 13.4. The number of benzene rings is 3. The number of carbonyl (C=O) groups excluding carboxylic acids is 1. The predicted molar refractivity (Wildman–Crippen MR) is 98.0 cm³/mol. The molecule has 4 heteroatoms. The van der Waals surface area contributed by atoms with Gasteiger partial charge in [-0.1, -0.05) is 66.2 Å². The van der Waals surface area contributed by atoms with Crippen LogP contribution in [0.5, 0.6) is 5.75 Å². The van der Waals surface area contributed by atoms with E-state index in [2.05, 4.69) is 0 Å². The quantitative estimate of drug-likeness (QED) is 0.646. The molecule has 0 saturated carbocycles. The van der Waals surface area contributed by atoms with Gasteiger partial charge in [0.1, 0.15) is 18.5 Å². The first-order valence-corrected chi connectivity index (χ1v) is 8.26. The molecule has 3 nitrogen and oxygen atoms in total. The van der Waals surface area contributed by atoms with Gasteiger partial charge in [-0.15, -0.1) is 0 Å². The van der Waals surface area contributed by atoms with Crippen LogP contribution in [-0.2, 0) is 6.61 Å². The van der Waals surface area contributed by atoms with E-state index in [0.717, 1.165) is 5.56 Å². The fourth-order valence-corrected chi connectivity index (χ4v) is 2.66. The Morgan fingerprint density at radius 3 is 2.48 bits per heavy atom. The first kappa shape index (κ1) is 17.2. The Hall–Kier alpha value is -2.62. The van der Waals surface area contributed by atoms with E-state index in [0.29, 0.717) is 28.5 Å². The van der Waals surface area contributed by atoms with E-state index < -0.39 is 11.9 Å². The topological polar surface area (TPSA) is 46.5 Å². The summed E-state index contributed by atoms with van der Waals surface area (Å²) < 4.78 is 5.74. The van der Waals surface area contributed by atoms with Crippen molar-refractivity contribution < 1.29 is 14.6 Å². The lowest BCUT2D eigenvalue weighted by Gasteiger charge is -2.12. The number of ether oxygens (including phenoxy) is 1. The third-order valence-corrected chi connectivity index (χ3v) is 4.01. The molecule has 0 amide bonds. The maximum atomic E-state index is 12.4. The molecule has 0 aliphatic carbocycles. The van der Waals surface area contributed by atoms with Crippen molar-refractivity contribution in [3.05, 3.63) is 101 Å². The minimum Gasteiger partial charge on any atom is -0.489 e. The van der Waals surface area contributed by atoms with Gasteiger partial charge in [0.2, 0.25) is 0 Å². The van der Waals surface area contributed by atoms with E-state index in [1.54, 1.807) is 48.5 Å². The van der Waals surface area contributed by atoms with Crippen molar-refractivity contribution in [1.82, 2.24) is 0 Å². The number of hydrogen-bond donors (Lipinski definition) is 1. The molecule has 0 aromatic heterocycles. The lowest BCUT2D eigenvalue weighted by molar-refractivity contribution is 0.0747. The molecule has 3 aromatic carbocycles. The van der Waals surface area contributed by atoms with Crippen LogP contribution in [0.4, 0.5) is 0 Å². The summed E-state index contributed by atoms with van der Waals surface area (Å²) in [6.07, 6.45) is -1.27. The number of aliphatic hydroxyl groups is 1. The van der Waals surface area contributed by atoms with E-state index in [1.807, 2.05) is 30.3 Å². The molecule has 25 heavy (non-hydrogen) atoms. The molecule has 126 valence electrons. The normalized spacial score (nSPS) is 11.8. The Balaban J connectivity index is 1.73. The Bertz CT molecular complexity index is 862. The molecule has 0 aliphatic rings. The summed E-state index contributed by atoms with van der Waals surface area (Å²) in [7, 11) is 0. The summed E-state index contributed by atoms with van der Waals surface area (Å²) in [6, 6.07) is 23.3. The maximum Gasteiger partial charge on any atom is 0.195 e. The summed E-state index contributed by atoms with van der Waals surface area (Å²) in [5.41, 5.74) is 1.90. The highest BCUT2D eigenvalue weighted by Gasteiger charge is 2.19. The Morgan fingerprint density at radius 1 is 0.960 bits per heavy atom. The van der Waals surface area contributed by atoms with Gasteiger partial charge in [-0.3, -0.25) is 4.79 Å². The van der Waals surface area contributed by atoms with Crippen molar-refractivity contribution in [3.63, 3.8) is 0 Å². The minimum atomic E-state index is -1.27. The first-order valence-electron chi connectivity index (χ1n) is 7.88. The second kappa shape index (κ2) is 7.97. The van der Waals surface area contributed by atoms with Gasteiger partial charge in [-0.25, -0.2) is 0 Å². The molecule has 1 atom stereocenters. The van der Waals surface area contributed by atoms with Crippen LogP contribution in [0, 0.1) is 0 Å². The predicted octanol–water partition coefficient (Wildman–Crippen LogP) is 4.84. The lowest BCUT2D eigenvalue weighted by atomic mass is 10.00. The van der Waals surface area contributed by atoms with Crippen LogP contribution in [0.25, 0.3) is 0 Å². The maximum absolute atomic E-state index is 12.4. The van der Waals surface area contributed by atoms with Crippen LogP contribution >= 0.6 is 11.6 Å². The van der Waals surface area contributed by atoms with Gasteiger partial charge in [0, 0.05) is 10.6 Å². The Kier molecular flexibility index (Phi) is 5.49. The Labute approximate surface area is 151 Å².